The summed E-state index contributed by atoms with van der Waals surface area (Å²) in [5, 5.41) is 0. The van der Waals surface area contributed by atoms with E-state index in [1.165, 1.54) is 0 Å². The molecule has 4 heteroatoms. The maximum Gasteiger partial charge on any atom is 0.199 e. The fourth-order valence-electron chi connectivity index (χ4n) is 1.46. The van der Waals surface area contributed by atoms with Crippen molar-refractivity contribution in [1.29, 1.82) is 0 Å². The van der Waals surface area contributed by atoms with Gasteiger partial charge in [0.25, 0.3) is 0 Å². The van der Waals surface area contributed by atoms with Crippen molar-refractivity contribution in [1.82, 2.24) is 9.55 Å². The maximum absolute atomic E-state index is 11.8. The highest BCUT2D eigenvalue weighted by atomic mass is 16.1. The topological polar surface area (TPSA) is 60.9 Å². The Hall–Kier alpha value is -1.16. The lowest BCUT2D eigenvalue weighted by Gasteiger charge is -2.08. The summed E-state index contributed by atoms with van der Waals surface area (Å²) in [7, 11) is 0. The molecule has 0 amide bonds. The third kappa shape index (κ3) is 3.16. The van der Waals surface area contributed by atoms with Gasteiger partial charge >= 0.3 is 0 Å². The molecule has 0 saturated carbocycles. The zero-order chi connectivity index (χ0) is 11.3. The largest absolute Gasteiger partial charge is 0.329 e. The average molecular weight is 209 g/mol. The minimum absolute atomic E-state index is 0.0443. The van der Waals surface area contributed by atoms with Crippen LogP contribution in [0.1, 0.15) is 43.7 Å². The summed E-state index contributed by atoms with van der Waals surface area (Å²) in [5.74, 6) is 0.587. The summed E-state index contributed by atoms with van der Waals surface area (Å²) in [6.07, 6.45) is 5.71. The molecule has 2 N–H and O–H groups in total. The Morgan fingerprint density at radius 3 is 2.93 bits per heavy atom. The monoisotopic (exact) mass is 209 g/mol. The van der Waals surface area contributed by atoms with Gasteiger partial charge < -0.3 is 10.3 Å². The predicted octanol–water partition coefficient (Wildman–Crippen LogP) is 1.60. The number of imidazole rings is 1. The molecule has 1 unspecified atom stereocenters. The zero-order valence-electron chi connectivity index (χ0n) is 9.44. The SMILES string of the molecule is CCCn1ccnc1C(=O)CC(N)CC. The molecular formula is C11H19N3O. The van der Waals surface area contributed by atoms with E-state index in [0.29, 0.717) is 12.2 Å². The lowest BCUT2D eigenvalue weighted by Crippen LogP contribution is -2.24. The molecule has 0 aromatic carbocycles. The van der Waals surface area contributed by atoms with E-state index in [9.17, 15) is 4.79 Å². The number of nitrogens with two attached hydrogens (primary N) is 1. The number of hydrogen-bond donors (Lipinski definition) is 1. The number of aromatic nitrogens is 2. The molecule has 0 aliphatic carbocycles. The number of aryl methyl sites for hydroxylation is 1. The van der Waals surface area contributed by atoms with Crippen LogP contribution < -0.4 is 5.73 Å². The highest BCUT2D eigenvalue weighted by Gasteiger charge is 2.14. The van der Waals surface area contributed by atoms with Crippen molar-refractivity contribution in [2.45, 2.75) is 45.7 Å². The van der Waals surface area contributed by atoms with Gasteiger partial charge in [0, 0.05) is 31.4 Å². The molecule has 1 heterocycles. The second-order valence-corrected chi connectivity index (χ2v) is 3.74. The Morgan fingerprint density at radius 2 is 2.33 bits per heavy atom. The molecule has 4 nitrogen and oxygen atoms in total. The van der Waals surface area contributed by atoms with Crippen molar-refractivity contribution >= 4 is 5.78 Å². The zero-order valence-corrected chi connectivity index (χ0v) is 9.44. The second-order valence-electron chi connectivity index (χ2n) is 3.74. The van der Waals surface area contributed by atoms with Crippen molar-refractivity contribution in [2.24, 2.45) is 5.73 Å². The highest BCUT2D eigenvalue weighted by molar-refractivity contribution is 5.93. The minimum Gasteiger partial charge on any atom is -0.329 e. The first kappa shape index (κ1) is 11.9. The number of ketones is 1. The minimum atomic E-state index is -0.0516. The highest BCUT2D eigenvalue weighted by Crippen LogP contribution is 2.05. The van der Waals surface area contributed by atoms with E-state index in [1.54, 1.807) is 6.20 Å². The molecule has 15 heavy (non-hydrogen) atoms. The fourth-order valence-corrected chi connectivity index (χ4v) is 1.46. The van der Waals surface area contributed by atoms with Gasteiger partial charge in [-0.2, -0.15) is 0 Å². The van der Waals surface area contributed by atoms with Crippen LogP contribution in [0.4, 0.5) is 0 Å². The number of carbonyl (C=O) groups is 1. The van der Waals surface area contributed by atoms with Crippen LogP contribution >= 0.6 is 0 Å². The van der Waals surface area contributed by atoms with Crippen LogP contribution in [0.15, 0.2) is 12.4 Å². The Balaban J connectivity index is 2.68. The Morgan fingerprint density at radius 1 is 1.60 bits per heavy atom. The summed E-state index contributed by atoms with van der Waals surface area (Å²) in [6, 6.07) is -0.0516. The van der Waals surface area contributed by atoms with E-state index in [2.05, 4.69) is 11.9 Å². The van der Waals surface area contributed by atoms with Crippen LogP contribution in [-0.4, -0.2) is 21.4 Å². The molecule has 0 aliphatic heterocycles. The van der Waals surface area contributed by atoms with Gasteiger partial charge in [0.05, 0.1) is 0 Å². The molecule has 0 radical (unpaired) electrons. The van der Waals surface area contributed by atoms with Gasteiger partial charge in [0.15, 0.2) is 11.6 Å². The Labute approximate surface area is 90.5 Å². The molecule has 1 aromatic heterocycles. The van der Waals surface area contributed by atoms with E-state index in [1.807, 2.05) is 17.7 Å². The first-order chi connectivity index (χ1) is 7.19. The van der Waals surface area contributed by atoms with Gasteiger partial charge in [-0.05, 0) is 12.8 Å². The summed E-state index contributed by atoms with van der Waals surface area (Å²) in [4.78, 5) is 15.9. The number of nitrogens with zero attached hydrogens (tertiary/aromatic N) is 2. The quantitative estimate of drug-likeness (QED) is 0.724. The first-order valence-corrected chi connectivity index (χ1v) is 5.48. The van der Waals surface area contributed by atoms with Crippen molar-refractivity contribution in [2.75, 3.05) is 0 Å². The fraction of sp³-hybridized carbons (Fsp3) is 0.636. The van der Waals surface area contributed by atoms with E-state index in [4.69, 9.17) is 5.73 Å². The van der Waals surface area contributed by atoms with E-state index in [-0.39, 0.29) is 11.8 Å². The second kappa shape index (κ2) is 5.66. The predicted molar refractivity (Wildman–Crippen MR) is 59.7 cm³/mol. The third-order valence-corrected chi connectivity index (χ3v) is 2.40. The standard InChI is InChI=1S/C11H19N3O/c1-3-6-14-7-5-13-11(14)10(15)8-9(12)4-2/h5,7,9H,3-4,6,8,12H2,1-2H3. The Kier molecular flexibility index (Phi) is 4.49. The first-order valence-electron chi connectivity index (χ1n) is 5.48. The number of carbonyl (C=O) groups excluding carboxylic acids is 1. The summed E-state index contributed by atoms with van der Waals surface area (Å²) < 4.78 is 1.89. The van der Waals surface area contributed by atoms with Crippen molar-refractivity contribution in [3.05, 3.63) is 18.2 Å². The normalized spacial score (nSPS) is 12.7. The van der Waals surface area contributed by atoms with E-state index in [0.717, 1.165) is 19.4 Å². The smallest absolute Gasteiger partial charge is 0.199 e. The van der Waals surface area contributed by atoms with Gasteiger partial charge in [-0.1, -0.05) is 13.8 Å². The van der Waals surface area contributed by atoms with Gasteiger partial charge in [-0.15, -0.1) is 0 Å². The van der Waals surface area contributed by atoms with Crippen LogP contribution in [0, 0.1) is 0 Å². The van der Waals surface area contributed by atoms with Crippen LogP contribution in [0.25, 0.3) is 0 Å². The van der Waals surface area contributed by atoms with E-state index >= 15 is 0 Å². The van der Waals surface area contributed by atoms with Crippen LogP contribution in [0.3, 0.4) is 0 Å². The summed E-state index contributed by atoms with van der Waals surface area (Å²) in [6.45, 7) is 4.89. The molecule has 1 aromatic rings. The lowest BCUT2D eigenvalue weighted by atomic mass is 10.1. The van der Waals surface area contributed by atoms with Gasteiger partial charge in [0.2, 0.25) is 0 Å². The molecule has 1 rings (SSSR count). The molecular weight excluding hydrogens is 190 g/mol. The summed E-state index contributed by atoms with van der Waals surface area (Å²) in [5.41, 5.74) is 5.75. The maximum atomic E-state index is 11.8. The van der Waals surface area contributed by atoms with Crippen LogP contribution in [0.2, 0.25) is 0 Å². The van der Waals surface area contributed by atoms with Crippen molar-refractivity contribution in [3.8, 4) is 0 Å². The molecule has 0 saturated heterocycles. The molecule has 1 atom stereocenters. The van der Waals surface area contributed by atoms with Crippen LogP contribution in [0.5, 0.6) is 0 Å². The van der Waals surface area contributed by atoms with Gasteiger partial charge in [0.1, 0.15) is 0 Å². The molecule has 0 spiro atoms. The average Bonchev–Trinajstić information content (AvgIpc) is 2.66. The summed E-state index contributed by atoms with van der Waals surface area (Å²) >= 11 is 0. The number of rotatable bonds is 6. The molecule has 0 fully saturated rings. The number of hydrogen-bond acceptors (Lipinski definition) is 3. The van der Waals surface area contributed by atoms with Gasteiger partial charge in [-0.25, -0.2) is 4.98 Å². The Bertz CT molecular complexity index is 319. The van der Waals surface area contributed by atoms with Crippen LogP contribution in [-0.2, 0) is 6.54 Å². The third-order valence-electron chi connectivity index (χ3n) is 2.40. The molecule has 0 aliphatic rings. The lowest BCUT2D eigenvalue weighted by molar-refractivity contribution is 0.0959. The molecule has 84 valence electrons. The molecule has 0 bridgehead atoms. The van der Waals surface area contributed by atoms with Gasteiger partial charge in [-0.3, -0.25) is 4.79 Å². The van der Waals surface area contributed by atoms with E-state index < -0.39 is 0 Å². The van der Waals surface area contributed by atoms with Crippen molar-refractivity contribution in [3.63, 3.8) is 0 Å². The van der Waals surface area contributed by atoms with Crippen molar-refractivity contribution < 1.29 is 4.79 Å². The number of Topliss-reactive ketones (excluding diaryl/α,β-unsaturated/α-hetero) is 1.